The number of thiophene rings is 1. The summed E-state index contributed by atoms with van der Waals surface area (Å²) >= 11 is 1.74. The quantitative estimate of drug-likeness (QED) is 0.795. The summed E-state index contributed by atoms with van der Waals surface area (Å²) in [5, 5.41) is 1.01. The summed E-state index contributed by atoms with van der Waals surface area (Å²) in [6, 6.07) is 3.97. The van der Waals surface area contributed by atoms with Crippen LogP contribution < -0.4 is 0 Å². The van der Waals surface area contributed by atoms with Crippen LogP contribution in [0.3, 0.4) is 0 Å². The minimum Gasteiger partial charge on any atom is -0.462 e. The molecule has 0 fully saturated rings. The molecule has 1 atom stereocenters. The number of carbonyl (C=O) groups excluding carboxylic acids is 1. The number of nitrogens with zero attached hydrogens (tertiary/aromatic N) is 1. The van der Waals surface area contributed by atoms with Crippen molar-refractivity contribution in [3.63, 3.8) is 0 Å². The van der Waals surface area contributed by atoms with E-state index in [-0.39, 0.29) is 5.97 Å². The number of rotatable bonds is 3. The minimum atomic E-state index is -0.178. The summed E-state index contributed by atoms with van der Waals surface area (Å²) < 4.78 is 7.32. The molecule has 0 N–H and O–H groups in total. The maximum Gasteiger partial charge on any atom is 0.341 e. The number of aromatic nitrogens is 1. The van der Waals surface area contributed by atoms with Crippen molar-refractivity contribution in [1.82, 2.24) is 4.57 Å². The van der Waals surface area contributed by atoms with Crippen LogP contribution in [0.4, 0.5) is 0 Å². The number of hydrogen-bond donors (Lipinski definition) is 0. The number of fused-ring (bicyclic) bond motifs is 1. The Kier molecular flexibility index (Phi) is 3.66. The van der Waals surface area contributed by atoms with Gasteiger partial charge in [0.2, 0.25) is 0 Å². The minimum absolute atomic E-state index is 0.178. The van der Waals surface area contributed by atoms with Crippen LogP contribution >= 0.6 is 11.3 Å². The van der Waals surface area contributed by atoms with Crippen molar-refractivity contribution in [2.75, 3.05) is 6.61 Å². The van der Waals surface area contributed by atoms with Crippen molar-refractivity contribution in [3.8, 4) is 5.00 Å². The SMILES string of the molecule is CCOC(=O)c1c(-n2cccc2)sc2c1[C@@H](C)CCC2. The summed E-state index contributed by atoms with van der Waals surface area (Å²) in [6.07, 6.45) is 7.43. The molecule has 106 valence electrons. The van der Waals surface area contributed by atoms with E-state index in [0.717, 1.165) is 23.4 Å². The smallest absolute Gasteiger partial charge is 0.341 e. The first-order valence-electron chi connectivity index (χ1n) is 7.18. The van der Waals surface area contributed by atoms with E-state index in [1.54, 1.807) is 11.3 Å². The molecule has 1 aliphatic rings. The fourth-order valence-corrected chi connectivity index (χ4v) is 4.37. The lowest BCUT2D eigenvalue weighted by atomic mass is 9.86. The number of esters is 1. The van der Waals surface area contributed by atoms with Gasteiger partial charge in [0.25, 0.3) is 0 Å². The van der Waals surface area contributed by atoms with E-state index < -0.39 is 0 Å². The summed E-state index contributed by atoms with van der Waals surface area (Å²) in [5.74, 6) is 0.265. The van der Waals surface area contributed by atoms with Gasteiger partial charge in [0.1, 0.15) is 5.00 Å². The average molecular weight is 289 g/mol. The first-order valence-corrected chi connectivity index (χ1v) is 8.00. The van der Waals surface area contributed by atoms with Gasteiger partial charge in [-0.1, -0.05) is 6.92 Å². The molecule has 0 aliphatic heterocycles. The van der Waals surface area contributed by atoms with E-state index in [4.69, 9.17) is 4.74 Å². The molecule has 3 nitrogen and oxygen atoms in total. The van der Waals surface area contributed by atoms with Gasteiger partial charge >= 0.3 is 5.97 Å². The molecule has 20 heavy (non-hydrogen) atoms. The van der Waals surface area contributed by atoms with Crippen LogP contribution in [0.1, 0.15) is 53.4 Å². The highest BCUT2D eigenvalue weighted by Gasteiger charge is 2.30. The molecular formula is C16H19NO2S. The fraction of sp³-hybridized carbons (Fsp3) is 0.438. The molecule has 1 aliphatic carbocycles. The lowest BCUT2D eigenvalue weighted by Crippen LogP contribution is -2.13. The molecule has 0 amide bonds. The molecule has 4 heteroatoms. The second kappa shape index (κ2) is 5.44. The van der Waals surface area contributed by atoms with Crippen LogP contribution in [0.15, 0.2) is 24.5 Å². The predicted molar refractivity (Wildman–Crippen MR) is 81.0 cm³/mol. The largest absolute Gasteiger partial charge is 0.462 e. The van der Waals surface area contributed by atoms with Gasteiger partial charge < -0.3 is 9.30 Å². The Balaban J connectivity index is 2.17. The topological polar surface area (TPSA) is 31.2 Å². The maximum absolute atomic E-state index is 12.4. The van der Waals surface area contributed by atoms with Gasteiger partial charge in [0.15, 0.2) is 0 Å². The number of aryl methyl sites for hydroxylation is 1. The van der Waals surface area contributed by atoms with Gasteiger partial charge in [0.05, 0.1) is 12.2 Å². The zero-order chi connectivity index (χ0) is 14.1. The second-order valence-electron chi connectivity index (χ2n) is 5.22. The molecule has 2 heterocycles. The van der Waals surface area contributed by atoms with Crippen molar-refractivity contribution in [2.24, 2.45) is 0 Å². The second-order valence-corrected chi connectivity index (χ2v) is 6.31. The first-order chi connectivity index (χ1) is 9.72. The first kappa shape index (κ1) is 13.4. The monoisotopic (exact) mass is 289 g/mol. The van der Waals surface area contributed by atoms with Gasteiger partial charge in [-0.2, -0.15) is 0 Å². The van der Waals surface area contributed by atoms with E-state index >= 15 is 0 Å². The normalized spacial score (nSPS) is 17.8. The van der Waals surface area contributed by atoms with Crippen molar-refractivity contribution >= 4 is 17.3 Å². The molecule has 0 saturated carbocycles. The van der Waals surface area contributed by atoms with E-state index in [2.05, 4.69) is 6.92 Å². The van der Waals surface area contributed by atoms with Crippen LogP contribution in [0.2, 0.25) is 0 Å². The van der Waals surface area contributed by atoms with E-state index in [0.29, 0.717) is 12.5 Å². The summed E-state index contributed by atoms with van der Waals surface area (Å²) in [7, 11) is 0. The molecular weight excluding hydrogens is 270 g/mol. The third-order valence-electron chi connectivity index (χ3n) is 3.86. The predicted octanol–water partition coefficient (Wildman–Crippen LogP) is 4.16. The van der Waals surface area contributed by atoms with Crippen molar-refractivity contribution in [1.29, 1.82) is 0 Å². The van der Waals surface area contributed by atoms with Gasteiger partial charge in [-0.05, 0) is 49.8 Å². The van der Waals surface area contributed by atoms with Crippen LogP contribution in [0.5, 0.6) is 0 Å². The van der Waals surface area contributed by atoms with Crippen LogP contribution in [0, 0.1) is 0 Å². The summed E-state index contributed by atoms with van der Waals surface area (Å²) in [5.41, 5.74) is 2.01. The van der Waals surface area contributed by atoms with Gasteiger partial charge in [-0.3, -0.25) is 0 Å². The third-order valence-corrected chi connectivity index (χ3v) is 5.13. The summed E-state index contributed by atoms with van der Waals surface area (Å²) in [6.45, 7) is 4.49. The van der Waals surface area contributed by atoms with Gasteiger partial charge in [-0.15, -0.1) is 11.3 Å². The molecule has 2 aromatic rings. The van der Waals surface area contributed by atoms with Crippen LogP contribution in [-0.4, -0.2) is 17.1 Å². The Labute approximate surface area is 123 Å². The Morgan fingerprint density at radius 1 is 1.45 bits per heavy atom. The maximum atomic E-state index is 12.4. The average Bonchev–Trinajstić information content (AvgIpc) is 3.06. The van der Waals surface area contributed by atoms with Crippen molar-refractivity contribution in [3.05, 3.63) is 40.5 Å². The lowest BCUT2D eigenvalue weighted by molar-refractivity contribution is 0.0525. The Morgan fingerprint density at radius 3 is 2.90 bits per heavy atom. The molecule has 0 spiro atoms. The van der Waals surface area contributed by atoms with E-state index in [1.807, 2.05) is 36.0 Å². The highest BCUT2D eigenvalue weighted by Crippen LogP contribution is 2.42. The molecule has 0 unspecified atom stereocenters. The molecule has 3 rings (SSSR count). The fourth-order valence-electron chi connectivity index (χ4n) is 2.95. The molecule has 2 aromatic heterocycles. The number of carbonyl (C=O) groups is 1. The van der Waals surface area contributed by atoms with Gasteiger partial charge in [0, 0.05) is 17.3 Å². The standard InChI is InChI=1S/C16H19NO2S/c1-3-19-16(18)14-13-11(2)7-6-8-12(13)20-15(14)17-9-4-5-10-17/h4-5,9-11H,3,6-8H2,1-2H3/t11-/m0/s1. The lowest BCUT2D eigenvalue weighted by Gasteiger charge is -2.19. The third kappa shape index (κ3) is 2.18. The number of hydrogen-bond acceptors (Lipinski definition) is 3. The Morgan fingerprint density at radius 2 is 2.20 bits per heavy atom. The van der Waals surface area contributed by atoms with E-state index in [1.165, 1.54) is 16.9 Å². The molecule has 0 radical (unpaired) electrons. The molecule has 0 bridgehead atoms. The van der Waals surface area contributed by atoms with E-state index in [9.17, 15) is 4.79 Å². The van der Waals surface area contributed by atoms with Crippen molar-refractivity contribution < 1.29 is 9.53 Å². The Bertz CT molecular complexity index is 613. The highest BCUT2D eigenvalue weighted by molar-refractivity contribution is 7.15. The Hall–Kier alpha value is -1.55. The number of ether oxygens (including phenoxy) is 1. The van der Waals surface area contributed by atoms with Crippen LogP contribution in [0.25, 0.3) is 5.00 Å². The van der Waals surface area contributed by atoms with Gasteiger partial charge in [-0.25, -0.2) is 4.79 Å². The molecule has 0 aromatic carbocycles. The molecule has 0 saturated heterocycles. The van der Waals surface area contributed by atoms with Crippen molar-refractivity contribution in [2.45, 2.75) is 39.0 Å². The zero-order valence-electron chi connectivity index (χ0n) is 11.9. The van der Waals surface area contributed by atoms with Crippen LogP contribution in [-0.2, 0) is 11.2 Å². The summed E-state index contributed by atoms with van der Waals surface area (Å²) in [4.78, 5) is 13.8. The zero-order valence-corrected chi connectivity index (χ0v) is 12.7. The highest BCUT2D eigenvalue weighted by atomic mass is 32.1.